The van der Waals surface area contributed by atoms with Crippen LogP contribution in [0, 0.1) is 0 Å². The number of nitrogens with zero attached hydrogens (tertiary/aromatic N) is 1. The summed E-state index contributed by atoms with van der Waals surface area (Å²) in [6.45, 7) is 2.75. The summed E-state index contributed by atoms with van der Waals surface area (Å²) in [6.07, 6.45) is 0.511. The molecule has 0 saturated carbocycles. The molecule has 0 aliphatic heterocycles. The molecule has 2 rings (SSSR count). The number of carbonyl (C=O) groups excluding carboxylic acids is 1. The van der Waals surface area contributed by atoms with Gasteiger partial charge in [0, 0.05) is 25.6 Å². The lowest BCUT2D eigenvalue weighted by molar-refractivity contribution is -0.131. The summed E-state index contributed by atoms with van der Waals surface area (Å²) in [5, 5.41) is 3.01. The predicted octanol–water partition coefficient (Wildman–Crippen LogP) is 3.91. The number of amides is 1. The number of hydrogen-bond acceptors (Lipinski definition) is 3. The fraction of sp³-hybridized carbons (Fsp3) is 0.350. The highest BCUT2D eigenvalue weighted by atomic mass is 35.5. The van der Waals surface area contributed by atoms with E-state index in [9.17, 15) is 4.79 Å². The summed E-state index contributed by atoms with van der Waals surface area (Å²) in [4.78, 5) is 14.0. The van der Waals surface area contributed by atoms with Gasteiger partial charge in [-0.3, -0.25) is 4.79 Å². The Labute approximate surface area is 156 Å². The van der Waals surface area contributed by atoms with E-state index in [2.05, 4.69) is 36.5 Å². The molecule has 25 heavy (non-hydrogen) atoms. The van der Waals surface area contributed by atoms with Crippen molar-refractivity contribution < 1.29 is 9.53 Å². The lowest BCUT2D eigenvalue weighted by atomic mass is 10.00. The highest BCUT2D eigenvalue weighted by Crippen LogP contribution is 2.30. The average molecular weight is 363 g/mol. The van der Waals surface area contributed by atoms with E-state index in [1.54, 1.807) is 12.0 Å². The Morgan fingerprint density at radius 1 is 1.16 bits per heavy atom. The van der Waals surface area contributed by atoms with Gasteiger partial charge in [0.15, 0.2) is 0 Å². The first kappa shape index (κ1) is 21.0. The zero-order valence-electron chi connectivity index (χ0n) is 15.3. The summed E-state index contributed by atoms with van der Waals surface area (Å²) in [5.41, 5.74) is 3.29. The number of nitrogens with one attached hydrogen (secondary N) is 1. The van der Waals surface area contributed by atoms with Gasteiger partial charge in [-0.1, -0.05) is 42.5 Å². The van der Waals surface area contributed by atoms with Crippen molar-refractivity contribution >= 4 is 18.3 Å². The van der Waals surface area contributed by atoms with Crippen molar-refractivity contribution in [2.45, 2.75) is 19.4 Å². The van der Waals surface area contributed by atoms with E-state index in [0.717, 1.165) is 22.4 Å². The van der Waals surface area contributed by atoms with Gasteiger partial charge in [-0.15, -0.1) is 12.4 Å². The Hall–Kier alpha value is -2.04. The van der Waals surface area contributed by atoms with E-state index < -0.39 is 0 Å². The van der Waals surface area contributed by atoms with Gasteiger partial charge in [-0.2, -0.15) is 0 Å². The molecule has 0 spiro atoms. The first-order valence-corrected chi connectivity index (χ1v) is 8.22. The van der Waals surface area contributed by atoms with Crippen LogP contribution >= 0.6 is 12.4 Å². The molecule has 0 fully saturated rings. The number of benzene rings is 2. The third kappa shape index (κ3) is 5.21. The summed E-state index contributed by atoms with van der Waals surface area (Å²) < 4.78 is 5.43. The van der Waals surface area contributed by atoms with Crippen LogP contribution in [0.2, 0.25) is 0 Å². The van der Waals surface area contributed by atoms with Gasteiger partial charge in [0.2, 0.25) is 5.91 Å². The SMILES string of the molecule is CNCCC(=O)N(C)C(C)c1ccc(-c2ccccc2OC)cc1.Cl. The first-order valence-electron chi connectivity index (χ1n) is 8.22. The quantitative estimate of drug-likeness (QED) is 0.811. The van der Waals surface area contributed by atoms with E-state index in [-0.39, 0.29) is 24.4 Å². The molecule has 0 aliphatic carbocycles. The van der Waals surface area contributed by atoms with E-state index >= 15 is 0 Å². The highest BCUT2D eigenvalue weighted by molar-refractivity contribution is 5.85. The monoisotopic (exact) mass is 362 g/mol. The van der Waals surface area contributed by atoms with Crippen LogP contribution in [0.5, 0.6) is 5.75 Å². The van der Waals surface area contributed by atoms with E-state index in [1.807, 2.05) is 38.4 Å². The molecule has 0 saturated heterocycles. The van der Waals surface area contributed by atoms with Crippen LogP contribution in [0.25, 0.3) is 11.1 Å². The summed E-state index contributed by atoms with van der Waals surface area (Å²) >= 11 is 0. The third-order valence-corrected chi connectivity index (χ3v) is 4.37. The molecule has 2 aromatic rings. The number of halogens is 1. The smallest absolute Gasteiger partial charge is 0.224 e. The predicted molar refractivity (Wildman–Crippen MR) is 105 cm³/mol. The first-order chi connectivity index (χ1) is 11.6. The zero-order chi connectivity index (χ0) is 17.5. The van der Waals surface area contributed by atoms with Crippen LogP contribution in [0.15, 0.2) is 48.5 Å². The second-order valence-corrected chi connectivity index (χ2v) is 5.86. The molecular formula is C20H27ClN2O2. The number of methoxy groups -OCH3 is 1. The van der Waals surface area contributed by atoms with Gasteiger partial charge in [0.1, 0.15) is 5.75 Å². The lowest BCUT2D eigenvalue weighted by Crippen LogP contribution is -2.31. The van der Waals surface area contributed by atoms with Gasteiger partial charge >= 0.3 is 0 Å². The molecule has 136 valence electrons. The van der Waals surface area contributed by atoms with Gasteiger partial charge in [0.25, 0.3) is 0 Å². The second-order valence-electron chi connectivity index (χ2n) is 5.86. The van der Waals surface area contributed by atoms with Crippen molar-refractivity contribution in [3.63, 3.8) is 0 Å². The summed E-state index contributed by atoms with van der Waals surface area (Å²) in [6, 6.07) is 16.3. The van der Waals surface area contributed by atoms with Gasteiger partial charge in [0.05, 0.1) is 13.2 Å². The molecule has 0 radical (unpaired) electrons. The van der Waals surface area contributed by atoms with Crippen molar-refractivity contribution in [3.8, 4) is 16.9 Å². The van der Waals surface area contributed by atoms with Crippen molar-refractivity contribution in [1.29, 1.82) is 0 Å². The molecule has 0 bridgehead atoms. The third-order valence-electron chi connectivity index (χ3n) is 4.37. The van der Waals surface area contributed by atoms with Crippen LogP contribution < -0.4 is 10.1 Å². The fourth-order valence-corrected chi connectivity index (χ4v) is 2.67. The molecule has 0 aliphatic rings. The topological polar surface area (TPSA) is 41.6 Å². The largest absolute Gasteiger partial charge is 0.496 e. The Kier molecular flexibility index (Phi) is 8.46. The minimum Gasteiger partial charge on any atom is -0.496 e. The van der Waals surface area contributed by atoms with Crippen LogP contribution in [0.1, 0.15) is 24.9 Å². The number of rotatable bonds is 7. The molecule has 1 N–H and O–H groups in total. The number of para-hydroxylation sites is 1. The second kappa shape index (κ2) is 10.1. The van der Waals surface area contributed by atoms with E-state index in [4.69, 9.17) is 4.74 Å². The lowest BCUT2D eigenvalue weighted by Gasteiger charge is -2.25. The number of hydrogen-bond donors (Lipinski definition) is 1. The molecule has 0 aromatic heterocycles. The van der Waals surface area contributed by atoms with Crippen LogP contribution in [-0.4, -0.2) is 38.6 Å². The molecule has 5 heteroatoms. The Morgan fingerprint density at radius 3 is 2.40 bits per heavy atom. The molecular weight excluding hydrogens is 336 g/mol. The maximum Gasteiger partial charge on any atom is 0.224 e. The molecule has 2 aromatic carbocycles. The maximum atomic E-state index is 12.2. The minimum atomic E-state index is 0. The molecule has 0 heterocycles. The highest BCUT2D eigenvalue weighted by Gasteiger charge is 2.17. The molecule has 1 unspecified atom stereocenters. The van der Waals surface area contributed by atoms with Gasteiger partial charge < -0.3 is 15.0 Å². The number of ether oxygens (including phenoxy) is 1. The molecule has 1 atom stereocenters. The summed E-state index contributed by atoms with van der Waals surface area (Å²) in [7, 11) is 5.39. The Bertz CT molecular complexity index is 674. The zero-order valence-corrected chi connectivity index (χ0v) is 16.1. The van der Waals surface area contributed by atoms with Crippen molar-refractivity contribution in [3.05, 3.63) is 54.1 Å². The van der Waals surface area contributed by atoms with Gasteiger partial charge in [-0.25, -0.2) is 0 Å². The Balaban J connectivity index is 0.00000312. The van der Waals surface area contributed by atoms with Crippen LogP contribution in [0.4, 0.5) is 0 Å². The normalized spacial score (nSPS) is 11.4. The molecule has 4 nitrogen and oxygen atoms in total. The van der Waals surface area contributed by atoms with Crippen molar-refractivity contribution in [1.82, 2.24) is 10.2 Å². The Morgan fingerprint density at radius 2 is 1.80 bits per heavy atom. The van der Waals surface area contributed by atoms with Crippen LogP contribution in [-0.2, 0) is 4.79 Å². The minimum absolute atomic E-state index is 0. The van der Waals surface area contributed by atoms with Gasteiger partial charge in [-0.05, 0) is 31.2 Å². The van der Waals surface area contributed by atoms with E-state index in [0.29, 0.717) is 13.0 Å². The number of carbonyl (C=O) groups is 1. The average Bonchev–Trinajstić information content (AvgIpc) is 2.64. The molecule has 1 amide bonds. The fourth-order valence-electron chi connectivity index (χ4n) is 2.67. The summed E-state index contributed by atoms with van der Waals surface area (Å²) in [5.74, 6) is 1.00. The van der Waals surface area contributed by atoms with Crippen molar-refractivity contribution in [2.24, 2.45) is 0 Å². The van der Waals surface area contributed by atoms with Crippen molar-refractivity contribution in [2.75, 3.05) is 27.7 Å². The standard InChI is InChI=1S/C20H26N2O2.ClH/c1-15(22(3)20(23)13-14-21-2)16-9-11-17(12-10-16)18-7-5-6-8-19(18)24-4;/h5-12,15,21H,13-14H2,1-4H3;1H. The van der Waals surface area contributed by atoms with Crippen LogP contribution in [0.3, 0.4) is 0 Å². The van der Waals surface area contributed by atoms with E-state index in [1.165, 1.54) is 0 Å². The maximum absolute atomic E-state index is 12.2.